The van der Waals surface area contributed by atoms with Gasteiger partial charge in [0.05, 0.1) is 41.3 Å². The number of hydrogen-bond donors (Lipinski definition) is 0. The number of ether oxygens (including phenoxy) is 2. The Morgan fingerprint density at radius 1 is 0.578 bits per heavy atom. The first kappa shape index (κ1) is 42.2. The fraction of sp³-hybridized carbons (Fsp3) is 0.947. The molecule has 0 saturated heterocycles. The quantitative estimate of drug-likeness (QED) is 0.108. The molecule has 2 rings (SSSR count). The number of carbonyl (C=O) groups is 2. The second-order valence-electron chi connectivity index (χ2n) is 17.2. The largest absolute Gasteiger partial charge is 1.00 e. The topological polar surface area (TPSA) is 52.6 Å². The highest BCUT2D eigenvalue weighted by Gasteiger charge is 2.36. The molecule has 0 aromatic heterocycles. The third-order valence-corrected chi connectivity index (χ3v) is 10.9. The van der Waals surface area contributed by atoms with E-state index in [1.807, 2.05) is 0 Å². The fourth-order valence-corrected chi connectivity index (χ4v) is 7.91. The van der Waals surface area contributed by atoms with Crippen LogP contribution in [0.1, 0.15) is 131 Å². The van der Waals surface area contributed by atoms with Gasteiger partial charge in [0.15, 0.2) is 13.1 Å². The number of halogens is 1. The van der Waals surface area contributed by atoms with E-state index in [9.17, 15) is 9.59 Å². The molecule has 2 saturated carbocycles. The molecule has 6 nitrogen and oxygen atoms in total. The van der Waals surface area contributed by atoms with Gasteiger partial charge in [0.2, 0.25) is 0 Å². The highest BCUT2D eigenvalue weighted by molar-refractivity contribution is 5.71. The molecular formula is C38H74ClN2O4+. The Hall–Kier alpha value is -0.850. The second kappa shape index (κ2) is 20.5. The van der Waals surface area contributed by atoms with Gasteiger partial charge in [0.1, 0.15) is 12.2 Å². The Bertz CT molecular complexity index is 778. The molecule has 0 aliphatic heterocycles. The molecule has 6 unspecified atom stereocenters. The van der Waals surface area contributed by atoms with Gasteiger partial charge in [0.25, 0.3) is 0 Å². The Morgan fingerprint density at radius 2 is 0.889 bits per heavy atom. The Balaban J connectivity index is 0.0000101. The molecule has 6 atom stereocenters. The number of rotatable bonds is 19. The minimum Gasteiger partial charge on any atom is -1.00 e. The molecule has 7 heteroatoms. The first-order valence-electron chi connectivity index (χ1n) is 18.6. The van der Waals surface area contributed by atoms with E-state index in [2.05, 4.69) is 69.7 Å². The monoisotopic (exact) mass is 658 g/mol. The van der Waals surface area contributed by atoms with Gasteiger partial charge in [-0.1, -0.05) is 80.1 Å². The number of unbranched alkanes of at least 4 members (excludes halogenated alkanes) is 7. The van der Waals surface area contributed by atoms with Crippen LogP contribution >= 0.6 is 0 Å². The summed E-state index contributed by atoms with van der Waals surface area (Å²) in [5.41, 5.74) is 0. The molecule has 0 radical (unpaired) electrons. The molecule has 266 valence electrons. The lowest BCUT2D eigenvalue weighted by Gasteiger charge is -2.37. The van der Waals surface area contributed by atoms with E-state index in [1.54, 1.807) is 0 Å². The number of esters is 2. The number of likely N-dealkylation sites (N-methyl/N-ethyl adjacent to an activating group) is 2. The molecule has 0 spiro atoms. The number of quaternary nitrogens is 2. The normalized spacial score (nSPS) is 26.0. The first-order valence-corrected chi connectivity index (χ1v) is 18.6. The van der Waals surface area contributed by atoms with E-state index in [0.717, 1.165) is 38.8 Å². The van der Waals surface area contributed by atoms with E-state index >= 15 is 0 Å². The van der Waals surface area contributed by atoms with Gasteiger partial charge >= 0.3 is 11.9 Å². The molecule has 2 fully saturated rings. The molecule has 0 aromatic carbocycles. The van der Waals surface area contributed by atoms with Crippen LogP contribution in [0.2, 0.25) is 0 Å². The number of carbonyl (C=O) groups excluding carboxylic acids is 2. The van der Waals surface area contributed by atoms with Crippen LogP contribution in [0.4, 0.5) is 0 Å². The van der Waals surface area contributed by atoms with Crippen molar-refractivity contribution in [3.8, 4) is 0 Å². The minimum atomic E-state index is -0.0166. The molecular weight excluding hydrogens is 584 g/mol. The highest BCUT2D eigenvalue weighted by Crippen LogP contribution is 2.36. The van der Waals surface area contributed by atoms with Crippen molar-refractivity contribution in [3.63, 3.8) is 0 Å². The van der Waals surface area contributed by atoms with Gasteiger partial charge in [-0.15, -0.1) is 0 Å². The van der Waals surface area contributed by atoms with Crippen LogP contribution in [0.15, 0.2) is 0 Å². The number of nitrogens with zero attached hydrogens (tertiary/aromatic N) is 2. The van der Waals surface area contributed by atoms with E-state index < -0.39 is 0 Å². The molecule has 0 amide bonds. The van der Waals surface area contributed by atoms with Crippen molar-refractivity contribution in [1.29, 1.82) is 0 Å². The fourth-order valence-electron chi connectivity index (χ4n) is 7.91. The zero-order valence-corrected chi connectivity index (χ0v) is 32.0. The lowest BCUT2D eigenvalue weighted by molar-refractivity contribution is -0.883. The minimum absolute atomic E-state index is 0. The van der Waals surface area contributed by atoms with E-state index in [-0.39, 0.29) is 36.6 Å². The predicted octanol–water partition coefficient (Wildman–Crippen LogP) is 5.27. The Kier molecular flexibility index (Phi) is 19.2. The van der Waals surface area contributed by atoms with Gasteiger partial charge in [-0.2, -0.15) is 0 Å². The van der Waals surface area contributed by atoms with Crippen LogP contribution in [-0.4, -0.2) is 87.5 Å². The molecule has 0 bridgehead atoms. The zero-order valence-electron chi connectivity index (χ0n) is 31.3. The van der Waals surface area contributed by atoms with Crippen LogP contribution in [-0.2, 0) is 19.1 Å². The predicted molar refractivity (Wildman–Crippen MR) is 183 cm³/mol. The van der Waals surface area contributed by atoms with Gasteiger partial charge < -0.3 is 30.8 Å². The molecule has 45 heavy (non-hydrogen) atoms. The summed E-state index contributed by atoms with van der Waals surface area (Å²) in [7, 11) is 8.68. The van der Waals surface area contributed by atoms with Crippen molar-refractivity contribution >= 4 is 11.9 Å². The third kappa shape index (κ3) is 16.7. The maximum absolute atomic E-state index is 12.8. The standard InChI is InChI=1S/C38H74N2O4.ClH/c1-29(2)33-21-19-31(5)25-35(33)43-37(41)27-39(7,8)23-17-15-13-11-12-14-16-18-24-40(9,10)28-38(42)44-36-26-32(6)20-22-34(36)30(3)4;/h29-36H,11-28H2,1-10H3;1H/q+2;/p-1. The maximum atomic E-state index is 12.8. The SMILES string of the molecule is CC1CCC(C(C)C)C(OC(=O)C[N+](C)(C)CCCCCCCCCC[N+](C)(C)CC(=O)OC2CC(C)CCC2C(C)C)C1.[Cl-]. The van der Waals surface area contributed by atoms with E-state index in [4.69, 9.17) is 9.47 Å². The van der Waals surface area contributed by atoms with Crippen LogP contribution < -0.4 is 12.4 Å². The maximum Gasteiger partial charge on any atom is 0.362 e. The summed E-state index contributed by atoms with van der Waals surface area (Å²) >= 11 is 0. The van der Waals surface area contributed by atoms with Crippen molar-refractivity contribution in [2.45, 2.75) is 144 Å². The molecule has 0 heterocycles. The van der Waals surface area contributed by atoms with Gasteiger partial charge in [-0.25, -0.2) is 9.59 Å². The van der Waals surface area contributed by atoms with Crippen molar-refractivity contribution in [2.75, 3.05) is 54.4 Å². The van der Waals surface area contributed by atoms with Crippen LogP contribution in [0, 0.1) is 35.5 Å². The summed E-state index contributed by atoms with van der Waals surface area (Å²) < 4.78 is 13.6. The zero-order chi connectivity index (χ0) is 32.9. The molecule has 0 aromatic rings. The van der Waals surface area contributed by atoms with Crippen LogP contribution in [0.25, 0.3) is 0 Å². The van der Waals surface area contributed by atoms with E-state index in [1.165, 1.54) is 64.2 Å². The van der Waals surface area contributed by atoms with Gasteiger partial charge in [0, 0.05) is 0 Å². The summed E-state index contributed by atoms with van der Waals surface area (Å²) in [5, 5.41) is 0. The summed E-state index contributed by atoms with van der Waals surface area (Å²) in [6.07, 6.45) is 17.0. The van der Waals surface area contributed by atoms with Crippen LogP contribution in [0.3, 0.4) is 0 Å². The summed E-state index contributed by atoms with van der Waals surface area (Å²) in [5.74, 6) is 3.42. The Morgan fingerprint density at radius 3 is 1.20 bits per heavy atom. The van der Waals surface area contributed by atoms with E-state index in [0.29, 0.717) is 57.6 Å². The summed E-state index contributed by atoms with van der Waals surface area (Å²) in [6, 6.07) is 0. The Labute approximate surface area is 285 Å². The van der Waals surface area contributed by atoms with Crippen molar-refractivity contribution in [1.82, 2.24) is 0 Å². The van der Waals surface area contributed by atoms with Crippen molar-refractivity contribution in [2.24, 2.45) is 35.5 Å². The molecule has 0 N–H and O–H groups in total. The second-order valence-corrected chi connectivity index (χ2v) is 17.2. The summed E-state index contributed by atoms with van der Waals surface area (Å²) in [4.78, 5) is 25.7. The van der Waals surface area contributed by atoms with Gasteiger partial charge in [-0.3, -0.25) is 0 Å². The lowest BCUT2D eigenvalue weighted by Crippen LogP contribution is -3.00. The smallest absolute Gasteiger partial charge is 0.362 e. The molecule has 2 aliphatic rings. The van der Waals surface area contributed by atoms with Crippen molar-refractivity contribution < 1.29 is 40.4 Å². The van der Waals surface area contributed by atoms with Crippen molar-refractivity contribution in [3.05, 3.63) is 0 Å². The van der Waals surface area contributed by atoms with Crippen LogP contribution in [0.5, 0.6) is 0 Å². The lowest BCUT2D eigenvalue weighted by atomic mass is 9.75. The highest BCUT2D eigenvalue weighted by atomic mass is 35.5. The average Bonchev–Trinajstić information content (AvgIpc) is 2.88. The summed E-state index contributed by atoms with van der Waals surface area (Å²) in [6.45, 7) is 16.6. The van der Waals surface area contributed by atoms with Gasteiger partial charge in [-0.05, 0) is 86.9 Å². The number of hydrogen-bond acceptors (Lipinski definition) is 4. The average molecular weight is 658 g/mol. The first-order chi connectivity index (χ1) is 20.6. The third-order valence-electron chi connectivity index (χ3n) is 10.9. The molecule has 2 aliphatic carbocycles.